The number of anilines is 1. The Morgan fingerprint density at radius 3 is 2.64 bits per heavy atom. The Morgan fingerprint density at radius 1 is 1.09 bits per heavy atom. The van der Waals surface area contributed by atoms with Crippen LogP contribution < -0.4 is 10.9 Å². The maximum Gasteiger partial charge on any atom is 0.272 e. The number of aromatic amines is 2. The SMILES string of the molecule is Cc1cnc(-c2ccccc2NC(=O)c2cccc(=O)[nH]2)[nH]1. The zero-order valence-corrected chi connectivity index (χ0v) is 11.9. The number of rotatable bonds is 3. The van der Waals surface area contributed by atoms with Crippen molar-refractivity contribution in [3.8, 4) is 11.4 Å². The summed E-state index contributed by atoms with van der Waals surface area (Å²) in [5.74, 6) is 0.295. The van der Waals surface area contributed by atoms with Crippen molar-refractivity contribution in [2.24, 2.45) is 0 Å². The molecule has 3 aromatic rings. The maximum absolute atomic E-state index is 12.2. The summed E-state index contributed by atoms with van der Waals surface area (Å²) in [5, 5.41) is 2.79. The Balaban J connectivity index is 1.93. The first kappa shape index (κ1) is 13.8. The Morgan fingerprint density at radius 2 is 1.91 bits per heavy atom. The summed E-state index contributed by atoms with van der Waals surface area (Å²) >= 11 is 0. The Bertz CT molecular complexity index is 879. The number of aromatic nitrogens is 3. The number of carbonyl (C=O) groups excluding carboxylic acids is 1. The molecule has 0 saturated heterocycles. The van der Waals surface area contributed by atoms with E-state index >= 15 is 0 Å². The minimum Gasteiger partial charge on any atom is -0.342 e. The molecule has 0 unspecified atom stereocenters. The molecule has 0 bridgehead atoms. The summed E-state index contributed by atoms with van der Waals surface area (Å²) in [7, 11) is 0. The lowest BCUT2D eigenvalue weighted by Crippen LogP contribution is -2.18. The number of hydrogen-bond donors (Lipinski definition) is 3. The number of amides is 1. The van der Waals surface area contributed by atoms with Crippen molar-refractivity contribution in [3.63, 3.8) is 0 Å². The molecular weight excluding hydrogens is 280 g/mol. The fourth-order valence-electron chi connectivity index (χ4n) is 2.12. The summed E-state index contributed by atoms with van der Waals surface area (Å²) in [5.41, 5.74) is 2.22. The minimum atomic E-state index is -0.381. The van der Waals surface area contributed by atoms with E-state index in [9.17, 15) is 9.59 Å². The van der Waals surface area contributed by atoms with Crippen LogP contribution in [0, 0.1) is 6.92 Å². The van der Waals surface area contributed by atoms with E-state index in [1.165, 1.54) is 12.1 Å². The Labute approximate surface area is 126 Å². The van der Waals surface area contributed by atoms with Crippen LogP contribution in [0.4, 0.5) is 5.69 Å². The zero-order valence-electron chi connectivity index (χ0n) is 11.9. The molecule has 0 radical (unpaired) electrons. The monoisotopic (exact) mass is 294 g/mol. The topological polar surface area (TPSA) is 90.6 Å². The normalized spacial score (nSPS) is 10.4. The summed E-state index contributed by atoms with van der Waals surface area (Å²) in [4.78, 5) is 33.4. The minimum absolute atomic E-state index is 0.206. The largest absolute Gasteiger partial charge is 0.342 e. The van der Waals surface area contributed by atoms with Gasteiger partial charge < -0.3 is 15.3 Å². The molecule has 0 fully saturated rings. The highest BCUT2D eigenvalue weighted by atomic mass is 16.2. The number of hydrogen-bond acceptors (Lipinski definition) is 3. The molecule has 2 heterocycles. The predicted octanol–water partition coefficient (Wildman–Crippen LogP) is 2.33. The fourth-order valence-corrected chi connectivity index (χ4v) is 2.12. The molecular formula is C16H14N4O2. The third-order valence-electron chi connectivity index (χ3n) is 3.15. The summed E-state index contributed by atoms with van der Waals surface area (Å²) in [6, 6.07) is 11.8. The molecule has 1 aromatic carbocycles. The molecule has 0 saturated carbocycles. The standard InChI is InChI=1S/C16H14N4O2/c1-10-9-17-15(18-10)11-5-2-3-6-12(11)20-16(22)13-7-4-8-14(21)19-13/h2-9H,1H3,(H,17,18)(H,19,21)(H,20,22). The van der Waals surface area contributed by atoms with E-state index in [0.29, 0.717) is 11.5 Å². The number of H-pyrrole nitrogens is 2. The molecule has 3 N–H and O–H groups in total. The van der Waals surface area contributed by atoms with Crippen LogP contribution in [0.5, 0.6) is 0 Å². The average Bonchev–Trinajstić information content (AvgIpc) is 2.94. The number of nitrogens with zero attached hydrogens (tertiary/aromatic N) is 1. The third kappa shape index (κ3) is 2.80. The van der Waals surface area contributed by atoms with Gasteiger partial charge in [-0.1, -0.05) is 18.2 Å². The van der Waals surface area contributed by atoms with Crippen molar-refractivity contribution in [1.29, 1.82) is 0 Å². The summed E-state index contributed by atoms with van der Waals surface area (Å²) < 4.78 is 0. The van der Waals surface area contributed by atoms with Crippen LogP contribution in [0.1, 0.15) is 16.2 Å². The van der Waals surface area contributed by atoms with Gasteiger partial charge in [-0.05, 0) is 25.1 Å². The number of nitrogens with one attached hydrogen (secondary N) is 3. The van der Waals surface area contributed by atoms with Gasteiger partial charge in [-0.3, -0.25) is 9.59 Å². The van der Waals surface area contributed by atoms with Crippen molar-refractivity contribution in [3.05, 3.63) is 70.4 Å². The van der Waals surface area contributed by atoms with Gasteiger partial charge in [0.25, 0.3) is 5.91 Å². The van der Waals surface area contributed by atoms with E-state index in [2.05, 4.69) is 20.3 Å². The number of pyridine rings is 1. The van der Waals surface area contributed by atoms with Crippen LogP contribution in [0.15, 0.2) is 53.5 Å². The van der Waals surface area contributed by atoms with E-state index in [4.69, 9.17) is 0 Å². The average molecular weight is 294 g/mol. The lowest BCUT2D eigenvalue weighted by molar-refractivity contribution is 0.102. The molecule has 3 rings (SSSR count). The van der Waals surface area contributed by atoms with Crippen LogP contribution in [0.2, 0.25) is 0 Å². The van der Waals surface area contributed by atoms with Gasteiger partial charge in [0.2, 0.25) is 5.56 Å². The Hall–Kier alpha value is -3.15. The third-order valence-corrected chi connectivity index (χ3v) is 3.15. The molecule has 0 atom stereocenters. The second-order valence-electron chi connectivity index (χ2n) is 4.84. The fraction of sp³-hybridized carbons (Fsp3) is 0.0625. The van der Waals surface area contributed by atoms with Gasteiger partial charge in [0.1, 0.15) is 11.5 Å². The van der Waals surface area contributed by atoms with Crippen LogP contribution in [-0.4, -0.2) is 20.9 Å². The van der Waals surface area contributed by atoms with Gasteiger partial charge >= 0.3 is 0 Å². The van der Waals surface area contributed by atoms with Crippen molar-refractivity contribution in [1.82, 2.24) is 15.0 Å². The summed E-state index contributed by atoms with van der Waals surface area (Å²) in [6.45, 7) is 1.91. The van der Waals surface area contributed by atoms with Gasteiger partial charge in [-0.15, -0.1) is 0 Å². The number of para-hydroxylation sites is 1. The molecule has 0 aliphatic heterocycles. The molecule has 22 heavy (non-hydrogen) atoms. The van der Waals surface area contributed by atoms with E-state index < -0.39 is 0 Å². The molecule has 6 heteroatoms. The van der Waals surface area contributed by atoms with Gasteiger partial charge in [0.15, 0.2) is 0 Å². The molecule has 1 amide bonds. The van der Waals surface area contributed by atoms with Gasteiger partial charge in [-0.2, -0.15) is 0 Å². The lowest BCUT2D eigenvalue weighted by Gasteiger charge is -2.09. The summed E-state index contributed by atoms with van der Waals surface area (Å²) in [6.07, 6.45) is 1.72. The molecule has 110 valence electrons. The second-order valence-corrected chi connectivity index (χ2v) is 4.84. The van der Waals surface area contributed by atoms with E-state index in [-0.39, 0.29) is 17.2 Å². The van der Waals surface area contributed by atoms with Gasteiger partial charge in [0, 0.05) is 23.5 Å². The first-order valence-electron chi connectivity index (χ1n) is 6.75. The van der Waals surface area contributed by atoms with Gasteiger partial charge in [-0.25, -0.2) is 4.98 Å². The molecule has 0 spiro atoms. The Kier molecular flexibility index (Phi) is 3.57. The van der Waals surface area contributed by atoms with E-state index in [1.807, 2.05) is 25.1 Å². The number of benzene rings is 1. The van der Waals surface area contributed by atoms with E-state index in [1.54, 1.807) is 18.3 Å². The van der Waals surface area contributed by atoms with Crippen LogP contribution in [0.25, 0.3) is 11.4 Å². The van der Waals surface area contributed by atoms with Crippen molar-refractivity contribution >= 4 is 11.6 Å². The number of carbonyl (C=O) groups is 1. The van der Waals surface area contributed by atoms with Crippen molar-refractivity contribution in [2.45, 2.75) is 6.92 Å². The van der Waals surface area contributed by atoms with Gasteiger partial charge in [0.05, 0.1) is 5.69 Å². The molecule has 0 aliphatic carbocycles. The van der Waals surface area contributed by atoms with Crippen LogP contribution in [-0.2, 0) is 0 Å². The van der Waals surface area contributed by atoms with Crippen LogP contribution >= 0.6 is 0 Å². The predicted molar refractivity (Wildman–Crippen MR) is 83.8 cm³/mol. The van der Waals surface area contributed by atoms with E-state index in [0.717, 1.165) is 11.3 Å². The quantitative estimate of drug-likeness (QED) is 0.692. The highest BCUT2D eigenvalue weighted by molar-refractivity contribution is 6.04. The molecule has 2 aromatic heterocycles. The molecule has 6 nitrogen and oxygen atoms in total. The van der Waals surface area contributed by atoms with Crippen molar-refractivity contribution in [2.75, 3.05) is 5.32 Å². The number of aryl methyl sites for hydroxylation is 1. The number of imidazole rings is 1. The lowest BCUT2D eigenvalue weighted by atomic mass is 10.1. The highest BCUT2D eigenvalue weighted by Gasteiger charge is 2.12. The van der Waals surface area contributed by atoms with Crippen LogP contribution in [0.3, 0.4) is 0 Å². The van der Waals surface area contributed by atoms with Crippen molar-refractivity contribution < 1.29 is 4.79 Å². The first-order valence-corrected chi connectivity index (χ1v) is 6.75. The first-order chi connectivity index (χ1) is 10.6. The molecule has 0 aliphatic rings. The maximum atomic E-state index is 12.2. The second kappa shape index (κ2) is 5.69. The zero-order chi connectivity index (χ0) is 15.5. The highest BCUT2D eigenvalue weighted by Crippen LogP contribution is 2.25. The smallest absolute Gasteiger partial charge is 0.272 e.